The average Bonchev–Trinajstić information content (AvgIpc) is 3.12. The zero-order valence-electron chi connectivity index (χ0n) is 15.6. The molecule has 0 bridgehead atoms. The van der Waals surface area contributed by atoms with E-state index in [1.165, 1.54) is 11.1 Å². The van der Waals surface area contributed by atoms with E-state index in [0.717, 1.165) is 12.8 Å². The van der Waals surface area contributed by atoms with Gasteiger partial charge in [-0.15, -0.1) is 0 Å². The fourth-order valence-electron chi connectivity index (χ4n) is 3.32. The Morgan fingerprint density at radius 2 is 1.54 bits per heavy atom. The Hall–Kier alpha value is -2.56. The largest absolute Gasteiger partial charge is 0.356 e. The van der Waals surface area contributed by atoms with Gasteiger partial charge in [-0.2, -0.15) is 0 Å². The molecule has 1 fully saturated rings. The quantitative estimate of drug-likeness (QED) is 0.829. The zero-order chi connectivity index (χ0) is 18.5. The molecule has 1 aromatic carbocycles. The Morgan fingerprint density at radius 1 is 0.923 bits per heavy atom. The first-order valence-corrected chi connectivity index (χ1v) is 9.33. The van der Waals surface area contributed by atoms with Gasteiger partial charge in [0.05, 0.1) is 5.56 Å². The molecule has 3 rings (SSSR count). The van der Waals surface area contributed by atoms with Gasteiger partial charge < -0.3 is 14.4 Å². The van der Waals surface area contributed by atoms with Gasteiger partial charge in [0.2, 0.25) is 5.91 Å². The maximum Gasteiger partial charge on any atom is 0.255 e. The molecule has 0 saturated carbocycles. The number of rotatable bonds is 5. The number of piperazine rings is 1. The van der Waals surface area contributed by atoms with E-state index < -0.39 is 0 Å². The number of amides is 2. The summed E-state index contributed by atoms with van der Waals surface area (Å²) >= 11 is 0. The van der Waals surface area contributed by atoms with Crippen molar-refractivity contribution in [2.75, 3.05) is 26.2 Å². The van der Waals surface area contributed by atoms with E-state index in [1.807, 2.05) is 39.9 Å². The van der Waals surface area contributed by atoms with E-state index in [1.54, 1.807) is 0 Å². The monoisotopic (exact) mass is 353 g/mol. The third-order valence-corrected chi connectivity index (χ3v) is 5.06. The van der Waals surface area contributed by atoms with Crippen LogP contribution in [-0.2, 0) is 24.7 Å². The highest BCUT2D eigenvalue weighted by Crippen LogP contribution is 2.12. The summed E-state index contributed by atoms with van der Waals surface area (Å²) in [7, 11) is 1.91. The molecule has 1 saturated heterocycles. The van der Waals surface area contributed by atoms with Gasteiger partial charge in [-0.25, -0.2) is 0 Å². The molecular formula is C21H27N3O2. The molecular weight excluding hydrogens is 326 g/mol. The summed E-state index contributed by atoms with van der Waals surface area (Å²) in [6, 6.07) is 10.3. The topological polar surface area (TPSA) is 45.6 Å². The van der Waals surface area contributed by atoms with Crippen LogP contribution in [0, 0.1) is 0 Å². The molecule has 2 heterocycles. The van der Waals surface area contributed by atoms with Crippen LogP contribution in [0.15, 0.2) is 42.7 Å². The van der Waals surface area contributed by atoms with Crippen molar-refractivity contribution >= 4 is 11.8 Å². The molecule has 1 aliphatic heterocycles. The number of nitrogens with zero attached hydrogens (tertiary/aromatic N) is 3. The van der Waals surface area contributed by atoms with Crippen molar-refractivity contribution in [1.29, 1.82) is 0 Å². The highest BCUT2D eigenvalue weighted by atomic mass is 16.2. The van der Waals surface area contributed by atoms with Crippen molar-refractivity contribution in [1.82, 2.24) is 14.4 Å². The molecule has 0 aliphatic carbocycles. The van der Waals surface area contributed by atoms with Crippen LogP contribution in [-0.4, -0.2) is 52.4 Å². The predicted molar refractivity (Wildman–Crippen MR) is 102 cm³/mol. The van der Waals surface area contributed by atoms with Gasteiger partial charge in [-0.1, -0.05) is 31.2 Å². The Kier molecular flexibility index (Phi) is 5.76. The first-order valence-electron chi connectivity index (χ1n) is 9.33. The fraction of sp³-hybridized carbons (Fsp3) is 0.429. The lowest BCUT2D eigenvalue weighted by molar-refractivity contribution is -0.132. The van der Waals surface area contributed by atoms with E-state index in [0.29, 0.717) is 38.2 Å². The van der Waals surface area contributed by atoms with Gasteiger partial charge in [0, 0.05) is 52.0 Å². The van der Waals surface area contributed by atoms with E-state index in [-0.39, 0.29) is 11.8 Å². The van der Waals surface area contributed by atoms with Crippen LogP contribution < -0.4 is 0 Å². The maximum absolute atomic E-state index is 12.5. The summed E-state index contributed by atoms with van der Waals surface area (Å²) in [5, 5.41) is 0. The molecule has 0 atom stereocenters. The van der Waals surface area contributed by atoms with Crippen LogP contribution in [0.4, 0.5) is 0 Å². The van der Waals surface area contributed by atoms with Crippen LogP contribution in [0.5, 0.6) is 0 Å². The Labute approximate surface area is 155 Å². The average molecular weight is 353 g/mol. The van der Waals surface area contributed by atoms with E-state index in [9.17, 15) is 9.59 Å². The van der Waals surface area contributed by atoms with Gasteiger partial charge >= 0.3 is 0 Å². The van der Waals surface area contributed by atoms with E-state index in [4.69, 9.17) is 0 Å². The van der Waals surface area contributed by atoms with E-state index >= 15 is 0 Å². The van der Waals surface area contributed by atoms with Crippen molar-refractivity contribution in [3.8, 4) is 0 Å². The van der Waals surface area contributed by atoms with Crippen molar-refractivity contribution in [2.24, 2.45) is 7.05 Å². The molecule has 2 aromatic rings. The number of hydrogen-bond acceptors (Lipinski definition) is 2. The lowest BCUT2D eigenvalue weighted by atomic mass is 10.1. The summed E-state index contributed by atoms with van der Waals surface area (Å²) < 4.78 is 1.88. The number of carbonyl (C=O) groups is 2. The molecule has 26 heavy (non-hydrogen) atoms. The van der Waals surface area contributed by atoms with Crippen LogP contribution in [0.1, 0.15) is 34.8 Å². The molecule has 138 valence electrons. The SMILES string of the molecule is CCc1ccc(CCC(=O)N2CCN(C(=O)c3ccn(C)c3)CC2)cc1. The number of carbonyl (C=O) groups excluding carboxylic acids is 2. The predicted octanol–water partition coefficient (Wildman–Crippen LogP) is 2.50. The van der Waals surface area contributed by atoms with Crippen molar-refractivity contribution in [2.45, 2.75) is 26.2 Å². The lowest BCUT2D eigenvalue weighted by Gasteiger charge is -2.34. The van der Waals surface area contributed by atoms with Gasteiger partial charge in [0.1, 0.15) is 0 Å². The summed E-state index contributed by atoms with van der Waals surface area (Å²) in [4.78, 5) is 28.6. The van der Waals surface area contributed by atoms with Crippen molar-refractivity contribution < 1.29 is 9.59 Å². The highest BCUT2D eigenvalue weighted by molar-refractivity contribution is 5.94. The molecule has 2 amide bonds. The minimum atomic E-state index is 0.0497. The lowest BCUT2D eigenvalue weighted by Crippen LogP contribution is -2.50. The number of aromatic nitrogens is 1. The van der Waals surface area contributed by atoms with E-state index in [2.05, 4.69) is 31.2 Å². The maximum atomic E-state index is 12.5. The van der Waals surface area contributed by atoms with Crippen LogP contribution in [0.3, 0.4) is 0 Å². The summed E-state index contributed by atoms with van der Waals surface area (Å²) in [5.74, 6) is 0.227. The second kappa shape index (κ2) is 8.21. The third kappa shape index (κ3) is 4.34. The number of hydrogen-bond donors (Lipinski definition) is 0. The standard InChI is InChI=1S/C21H27N3O2/c1-3-17-4-6-18(7-5-17)8-9-20(25)23-12-14-24(15-13-23)21(26)19-10-11-22(2)16-19/h4-7,10-11,16H,3,8-9,12-15H2,1-2H3. The molecule has 1 aliphatic rings. The van der Waals surface area contributed by atoms with Gasteiger partial charge in [0.25, 0.3) is 5.91 Å². The first-order chi connectivity index (χ1) is 12.6. The van der Waals surface area contributed by atoms with Crippen molar-refractivity contribution in [3.63, 3.8) is 0 Å². The smallest absolute Gasteiger partial charge is 0.255 e. The molecule has 0 N–H and O–H groups in total. The van der Waals surface area contributed by atoms with Crippen LogP contribution in [0.2, 0.25) is 0 Å². The molecule has 0 radical (unpaired) electrons. The summed E-state index contributed by atoms with van der Waals surface area (Å²) in [6.07, 6.45) is 6.04. The second-order valence-corrected chi connectivity index (χ2v) is 6.91. The summed E-state index contributed by atoms with van der Waals surface area (Å²) in [6.45, 7) is 4.58. The number of aryl methyl sites for hydroxylation is 3. The molecule has 0 spiro atoms. The van der Waals surface area contributed by atoms with Crippen LogP contribution in [0.25, 0.3) is 0 Å². The molecule has 0 unspecified atom stereocenters. The minimum Gasteiger partial charge on any atom is -0.356 e. The minimum absolute atomic E-state index is 0.0497. The zero-order valence-corrected chi connectivity index (χ0v) is 15.6. The molecule has 5 nitrogen and oxygen atoms in total. The van der Waals surface area contributed by atoms with Gasteiger partial charge in [0.15, 0.2) is 0 Å². The Morgan fingerprint density at radius 3 is 2.12 bits per heavy atom. The van der Waals surface area contributed by atoms with Crippen LogP contribution >= 0.6 is 0 Å². The van der Waals surface area contributed by atoms with Gasteiger partial charge in [-0.05, 0) is 30.0 Å². The van der Waals surface area contributed by atoms with Gasteiger partial charge in [-0.3, -0.25) is 9.59 Å². The molecule has 5 heteroatoms. The second-order valence-electron chi connectivity index (χ2n) is 6.91. The molecule has 1 aromatic heterocycles. The fourth-order valence-corrected chi connectivity index (χ4v) is 3.32. The Balaban J connectivity index is 1.46. The number of benzene rings is 1. The van der Waals surface area contributed by atoms with Crippen molar-refractivity contribution in [3.05, 3.63) is 59.4 Å². The Bertz CT molecular complexity index is 756. The first kappa shape index (κ1) is 18.2. The normalized spacial score (nSPS) is 14.5. The third-order valence-electron chi connectivity index (χ3n) is 5.06. The summed E-state index contributed by atoms with van der Waals surface area (Å²) in [5.41, 5.74) is 3.23. The highest BCUT2D eigenvalue weighted by Gasteiger charge is 2.24.